The quantitative estimate of drug-likeness (QED) is 0.911. The van der Waals surface area contributed by atoms with Crippen molar-refractivity contribution in [1.29, 1.82) is 0 Å². The van der Waals surface area contributed by atoms with Gasteiger partial charge in [0.05, 0.1) is 11.4 Å². The summed E-state index contributed by atoms with van der Waals surface area (Å²) in [5.41, 5.74) is 8.47. The van der Waals surface area contributed by atoms with Crippen LogP contribution in [0.4, 0.5) is 5.82 Å². The smallest absolute Gasteiger partial charge is 0.229 e. The molecule has 0 radical (unpaired) electrons. The third kappa shape index (κ3) is 3.79. The van der Waals surface area contributed by atoms with Crippen LogP contribution in [0.25, 0.3) is 5.69 Å². The van der Waals surface area contributed by atoms with Gasteiger partial charge in [-0.05, 0) is 18.6 Å². The number of para-hydroxylation sites is 1. The van der Waals surface area contributed by atoms with E-state index in [1.807, 2.05) is 44.2 Å². The van der Waals surface area contributed by atoms with Crippen molar-refractivity contribution in [2.24, 2.45) is 11.7 Å². The normalized spacial score (nSPS) is 13.0. The first-order chi connectivity index (χ1) is 10.7. The van der Waals surface area contributed by atoms with Crippen LogP contribution in [0, 0.1) is 12.8 Å². The number of hydrogen-bond acceptors (Lipinski definition) is 3. The van der Waals surface area contributed by atoms with E-state index in [4.69, 9.17) is 10.8 Å². The molecule has 1 heterocycles. The van der Waals surface area contributed by atoms with Crippen molar-refractivity contribution < 1.29 is 4.79 Å². The van der Waals surface area contributed by atoms with Crippen molar-refractivity contribution in [1.82, 2.24) is 9.78 Å². The lowest BCUT2D eigenvalue weighted by molar-refractivity contribution is -0.119. The maximum absolute atomic E-state index is 12.2. The van der Waals surface area contributed by atoms with E-state index in [2.05, 4.69) is 26.1 Å². The summed E-state index contributed by atoms with van der Waals surface area (Å²) in [5.74, 6) is 0.338. The second-order valence-electron chi connectivity index (χ2n) is 6.99. The molecule has 0 saturated heterocycles. The molecule has 0 saturated carbocycles. The van der Waals surface area contributed by atoms with E-state index in [1.54, 1.807) is 4.68 Å². The van der Waals surface area contributed by atoms with Crippen molar-refractivity contribution in [3.05, 3.63) is 41.6 Å². The molecular formula is C18H26N4O. The molecular weight excluding hydrogens is 288 g/mol. The lowest BCUT2D eigenvalue weighted by Crippen LogP contribution is -2.27. The molecule has 0 aliphatic rings. The number of hydrogen-bond donors (Lipinski definition) is 2. The van der Waals surface area contributed by atoms with Crippen LogP contribution in [-0.2, 0) is 10.2 Å². The lowest BCUT2D eigenvalue weighted by atomic mass is 9.92. The molecule has 0 bridgehead atoms. The van der Waals surface area contributed by atoms with Gasteiger partial charge in [0.1, 0.15) is 5.82 Å². The lowest BCUT2D eigenvalue weighted by Gasteiger charge is -2.14. The van der Waals surface area contributed by atoms with Gasteiger partial charge in [-0.3, -0.25) is 4.79 Å². The Hall–Kier alpha value is -2.14. The maximum atomic E-state index is 12.2. The first-order valence-electron chi connectivity index (χ1n) is 7.91. The van der Waals surface area contributed by atoms with Crippen LogP contribution in [-0.4, -0.2) is 22.2 Å². The zero-order valence-corrected chi connectivity index (χ0v) is 14.6. The third-order valence-electron chi connectivity index (χ3n) is 3.87. The number of aromatic nitrogens is 2. The number of anilines is 1. The topological polar surface area (TPSA) is 72.9 Å². The molecule has 2 aromatic rings. The number of nitrogens with zero attached hydrogens (tertiary/aromatic N) is 2. The Kier molecular flexibility index (Phi) is 4.90. The number of rotatable bonds is 4. The number of benzene rings is 1. The average Bonchev–Trinajstić information content (AvgIpc) is 2.90. The molecule has 1 aromatic heterocycles. The van der Waals surface area contributed by atoms with Crippen LogP contribution in [0.1, 0.15) is 39.0 Å². The van der Waals surface area contributed by atoms with Crippen LogP contribution < -0.4 is 11.1 Å². The van der Waals surface area contributed by atoms with Gasteiger partial charge in [0.25, 0.3) is 0 Å². The van der Waals surface area contributed by atoms with Gasteiger partial charge >= 0.3 is 0 Å². The summed E-state index contributed by atoms with van der Waals surface area (Å²) in [6.07, 6.45) is 0. The standard InChI is InChI=1S/C18H26N4O/c1-12-8-6-7-9-14(12)22-16(20-17(23)13(2)11-19)10-15(21-22)18(3,4)5/h6-10,13H,11,19H2,1-5H3,(H,20,23). The summed E-state index contributed by atoms with van der Waals surface area (Å²) < 4.78 is 1.80. The molecule has 5 heteroatoms. The predicted molar refractivity (Wildman–Crippen MR) is 93.8 cm³/mol. The van der Waals surface area contributed by atoms with E-state index in [-0.39, 0.29) is 17.2 Å². The molecule has 1 aromatic carbocycles. The number of nitrogens with one attached hydrogen (secondary N) is 1. The zero-order valence-electron chi connectivity index (χ0n) is 14.6. The highest BCUT2D eigenvalue weighted by Gasteiger charge is 2.22. The molecule has 0 spiro atoms. The third-order valence-corrected chi connectivity index (χ3v) is 3.87. The maximum Gasteiger partial charge on any atom is 0.229 e. The summed E-state index contributed by atoms with van der Waals surface area (Å²) in [5, 5.41) is 7.68. The van der Waals surface area contributed by atoms with Crippen molar-refractivity contribution in [2.75, 3.05) is 11.9 Å². The summed E-state index contributed by atoms with van der Waals surface area (Å²) >= 11 is 0. The Balaban J connectivity index is 2.50. The fourth-order valence-electron chi connectivity index (χ4n) is 2.18. The number of carbonyl (C=O) groups is 1. The highest BCUT2D eigenvalue weighted by molar-refractivity contribution is 5.92. The van der Waals surface area contributed by atoms with E-state index in [1.165, 1.54) is 0 Å². The molecule has 5 nitrogen and oxygen atoms in total. The highest BCUT2D eigenvalue weighted by atomic mass is 16.2. The van der Waals surface area contributed by atoms with Gasteiger partial charge in [-0.15, -0.1) is 0 Å². The molecule has 1 unspecified atom stereocenters. The first-order valence-corrected chi connectivity index (χ1v) is 7.91. The zero-order chi connectivity index (χ0) is 17.2. The Morgan fingerprint density at radius 1 is 1.35 bits per heavy atom. The fraction of sp³-hybridized carbons (Fsp3) is 0.444. The Bertz CT molecular complexity index is 697. The number of amides is 1. The minimum Gasteiger partial charge on any atom is -0.330 e. The van der Waals surface area contributed by atoms with E-state index >= 15 is 0 Å². The van der Waals surface area contributed by atoms with E-state index < -0.39 is 0 Å². The number of nitrogens with two attached hydrogens (primary N) is 1. The van der Waals surface area contributed by atoms with E-state index in [9.17, 15) is 4.79 Å². The second kappa shape index (κ2) is 6.54. The van der Waals surface area contributed by atoms with Crippen molar-refractivity contribution in [3.8, 4) is 5.69 Å². The molecule has 2 rings (SSSR count). The molecule has 1 amide bonds. The molecule has 0 aliphatic heterocycles. The van der Waals surface area contributed by atoms with Crippen LogP contribution in [0.15, 0.2) is 30.3 Å². The summed E-state index contributed by atoms with van der Waals surface area (Å²) in [6, 6.07) is 9.92. The average molecular weight is 314 g/mol. The van der Waals surface area contributed by atoms with Crippen molar-refractivity contribution in [3.63, 3.8) is 0 Å². The number of carbonyl (C=O) groups excluding carboxylic acids is 1. The van der Waals surface area contributed by atoms with Gasteiger partial charge < -0.3 is 11.1 Å². The SMILES string of the molecule is Cc1ccccc1-n1nc(C(C)(C)C)cc1NC(=O)C(C)CN. The van der Waals surface area contributed by atoms with Crippen LogP contribution in [0.2, 0.25) is 0 Å². The van der Waals surface area contributed by atoms with E-state index in [0.717, 1.165) is 16.9 Å². The van der Waals surface area contributed by atoms with Gasteiger partial charge in [-0.1, -0.05) is 45.9 Å². The van der Waals surface area contributed by atoms with Crippen LogP contribution in [0.5, 0.6) is 0 Å². The monoisotopic (exact) mass is 314 g/mol. The van der Waals surface area contributed by atoms with E-state index in [0.29, 0.717) is 12.4 Å². The van der Waals surface area contributed by atoms with Gasteiger partial charge in [0, 0.05) is 23.9 Å². The molecule has 0 aliphatic carbocycles. The fourth-order valence-corrected chi connectivity index (χ4v) is 2.18. The largest absolute Gasteiger partial charge is 0.330 e. The first kappa shape index (κ1) is 17.2. The minimum atomic E-state index is -0.242. The summed E-state index contributed by atoms with van der Waals surface area (Å²) in [7, 11) is 0. The van der Waals surface area contributed by atoms with Crippen LogP contribution >= 0.6 is 0 Å². The van der Waals surface area contributed by atoms with Gasteiger partial charge in [0.15, 0.2) is 0 Å². The van der Waals surface area contributed by atoms with Crippen molar-refractivity contribution in [2.45, 2.75) is 40.0 Å². The summed E-state index contributed by atoms with van der Waals surface area (Å²) in [4.78, 5) is 12.2. The highest BCUT2D eigenvalue weighted by Crippen LogP contribution is 2.27. The molecule has 23 heavy (non-hydrogen) atoms. The Labute approximate surface area is 137 Å². The van der Waals surface area contributed by atoms with Crippen molar-refractivity contribution >= 4 is 11.7 Å². The Morgan fingerprint density at radius 2 is 2.00 bits per heavy atom. The van der Waals surface area contributed by atoms with Gasteiger partial charge in [-0.2, -0.15) is 5.10 Å². The second-order valence-corrected chi connectivity index (χ2v) is 6.99. The number of aryl methyl sites for hydroxylation is 1. The molecule has 124 valence electrons. The Morgan fingerprint density at radius 3 is 2.57 bits per heavy atom. The van der Waals surface area contributed by atoms with Crippen LogP contribution in [0.3, 0.4) is 0 Å². The van der Waals surface area contributed by atoms with Gasteiger partial charge in [-0.25, -0.2) is 4.68 Å². The molecule has 1 atom stereocenters. The summed E-state index contributed by atoms with van der Waals surface area (Å²) in [6.45, 7) is 10.5. The molecule has 3 N–H and O–H groups in total. The van der Waals surface area contributed by atoms with Gasteiger partial charge in [0.2, 0.25) is 5.91 Å². The predicted octanol–water partition coefficient (Wildman–Crippen LogP) is 3.01. The molecule has 0 fully saturated rings. The minimum absolute atomic E-state index is 0.0947.